The standard InChI is InChI=1S/C10H15NO4/c12-9(8-2-4-15-6-8)11-3-1-7(5-11)10(13)14/h7-8H,1-6H2,(H,13,14)/t7-,8+/m1/s1. The largest absolute Gasteiger partial charge is 0.481 e. The van der Waals surface area contributed by atoms with Gasteiger partial charge in [0.05, 0.1) is 18.4 Å². The number of hydrogen-bond acceptors (Lipinski definition) is 3. The summed E-state index contributed by atoms with van der Waals surface area (Å²) in [5.41, 5.74) is 0. The molecule has 0 aromatic rings. The highest BCUT2D eigenvalue weighted by atomic mass is 16.5. The summed E-state index contributed by atoms with van der Waals surface area (Å²) in [5.74, 6) is -1.15. The molecule has 2 heterocycles. The molecule has 2 fully saturated rings. The van der Waals surface area contributed by atoms with Crippen LogP contribution in [0.3, 0.4) is 0 Å². The van der Waals surface area contributed by atoms with Gasteiger partial charge in [-0.15, -0.1) is 0 Å². The highest BCUT2D eigenvalue weighted by molar-refractivity contribution is 5.81. The number of carbonyl (C=O) groups excluding carboxylic acids is 1. The lowest BCUT2D eigenvalue weighted by Crippen LogP contribution is -2.35. The highest BCUT2D eigenvalue weighted by Crippen LogP contribution is 2.22. The van der Waals surface area contributed by atoms with Gasteiger partial charge in [0.1, 0.15) is 0 Å². The number of aliphatic carboxylic acids is 1. The Morgan fingerprint density at radius 2 is 2.07 bits per heavy atom. The quantitative estimate of drug-likeness (QED) is 0.698. The molecule has 5 heteroatoms. The number of nitrogens with zero attached hydrogens (tertiary/aromatic N) is 1. The molecular weight excluding hydrogens is 198 g/mol. The van der Waals surface area contributed by atoms with Crippen LogP contribution in [0.2, 0.25) is 0 Å². The van der Waals surface area contributed by atoms with Crippen LogP contribution in [0.5, 0.6) is 0 Å². The number of rotatable bonds is 2. The summed E-state index contributed by atoms with van der Waals surface area (Å²) in [5, 5.41) is 8.82. The minimum absolute atomic E-state index is 0.0439. The Morgan fingerprint density at radius 1 is 1.27 bits per heavy atom. The van der Waals surface area contributed by atoms with Crippen molar-refractivity contribution in [3.63, 3.8) is 0 Å². The van der Waals surface area contributed by atoms with E-state index in [0.717, 1.165) is 6.42 Å². The summed E-state index contributed by atoms with van der Waals surface area (Å²) in [6, 6.07) is 0. The summed E-state index contributed by atoms with van der Waals surface area (Å²) in [6.45, 7) is 2.08. The zero-order chi connectivity index (χ0) is 10.8. The van der Waals surface area contributed by atoms with Gasteiger partial charge < -0.3 is 14.7 Å². The van der Waals surface area contributed by atoms with Gasteiger partial charge in [0, 0.05) is 19.7 Å². The van der Waals surface area contributed by atoms with Crippen molar-refractivity contribution >= 4 is 11.9 Å². The summed E-state index contributed by atoms with van der Waals surface area (Å²) in [4.78, 5) is 24.3. The molecule has 0 aromatic carbocycles. The van der Waals surface area contributed by atoms with E-state index in [2.05, 4.69) is 0 Å². The first kappa shape index (κ1) is 10.4. The van der Waals surface area contributed by atoms with Crippen molar-refractivity contribution in [2.24, 2.45) is 11.8 Å². The van der Waals surface area contributed by atoms with Crippen molar-refractivity contribution in [3.05, 3.63) is 0 Å². The van der Waals surface area contributed by atoms with Gasteiger partial charge in [0.2, 0.25) is 5.91 Å². The number of hydrogen-bond donors (Lipinski definition) is 1. The molecule has 2 saturated heterocycles. The normalized spacial score (nSPS) is 30.8. The van der Waals surface area contributed by atoms with Gasteiger partial charge in [-0.1, -0.05) is 0 Å². The minimum Gasteiger partial charge on any atom is -0.481 e. The van der Waals surface area contributed by atoms with E-state index in [9.17, 15) is 9.59 Å². The minimum atomic E-state index is -0.798. The van der Waals surface area contributed by atoms with Crippen LogP contribution in [0, 0.1) is 11.8 Å². The van der Waals surface area contributed by atoms with Crippen LogP contribution in [0.25, 0.3) is 0 Å². The van der Waals surface area contributed by atoms with Crippen molar-refractivity contribution in [1.29, 1.82) is 0 Å². The fourth-order valence-corrected chi connectivity index (χ4v) is 2.15. The first-order chi connectivity index (χ1) is 7.18. The lowest BCUT2D eigenvalue weighted by molar-refractivity contribution is -0.141. The van der Waals surface area contributed by atoms with E-state index in [0.29, 0.717) is 32.7 Å². The summed E-state index contributed by atoms with van der Waals surface area (Å²) >= 11 is 0. The molecule has 1 amide bonds. The van der Waals surface area contributed by atoms with Gasteiger partial charge in [-0.05, 0) is 12.8 Å². The zero-order valence-corrected chi connectivity index (χ0v) is 8.52. The van der Waals surface area contributed by atoms with E-state index >= 15 is 0 Å². The predicted octanol–water partition coefficient (Wildman–Crippen LogP) is -0.0440. The van der Waals surface area contributed by atoms with Crippen LogP contribution in [-0.2, 0) is 14.3 Å². The maximum atomic E-state index is 11.9. The molecule has 0 aromatic heterocycles. The maximum Gasteiger partial charge on any atom is 0.308 e. The molecule has 0 spiro atoms. The van der Waals surface area contributed by atoms with E-state index in [1.165, 1.54) is 0 Å². The van der Waals surface area contributed by atoms with Crippen LogP contribution in [0.15, 0.2) is 0 Å². The lowest BCUT2D eigenvalue weighted by Gasteiger charge is -2.19. The third-order valence-electron chi connectivity index (χ3n) is 3.13. The molecule has 2 atom stereocenters. The van der Waals surface area contributed by atoms with Crippen molar-refractivity contribution in [2.75, 3.05) is 26.3 Å². The van der Waals surface area contributed by atoms with Crippen molar-refractivity contribution < 1.29 is 19.4 Å². The number of carbonyl (C=O) groups is 2. The molecule has 0 aliphatic carbocycles. The summed E-state index contributed by atoms with van der Waals surface area (Å²) < 4.78 is 5.15. The Bertz CT molecular complexity index is 273. The third kappa shape index (κ3) is 2.12. The van der Waals surface area contributed by atoms with Gasteiger partial charge in [-0.3, -0.25) is 9.59 Å². The molecule has 0 bridgehead atoms. The van der Waals surface area contributed by atoms with Gasteiger partial charge in [-0.25, -0.2) is 0 Å². The van der Waals surface area contributed by atoms with Crippen LogP contribution >= 0.6 is 0 Å². The molecule has 2 aliphatic heterocycles. The van der Waals surface area contributed by atoms with E-state index in [-0.39, 0.29) is 17.7 Å². The van der Waals surface area contributed by atoms with Crippen LogP contribution in [-0.4, -0.2) is 48.2 Å². The molecular formula is C10H15NO4. The number of ether oxygens (including phenoxy) is 1. The molecule has 2 rings (SSSR count). The Hall–Kier alpha value is -1.10. The first-order valence-corrected chi connectivity index (χ1v) is 5.28. The lowest BCUT2D eigenvalue weighted by atomic mass is 10.1. The monoisotopic (exact) mass is 213 g/mol. The molecule has 15 heavy (non-hydrogen) atoms. The fourth-order valence-electron chi connectivity index (χ4n) is 2.15. The van der Waals surface area contributed by atoms with E-state index in [4.69, 9.17) is 9.84 Å². The summed E-state index contributed by atoms with van der Waals surface area (Å²) in [6.07, 6.45) is 1.35. The average molecular weight is 213 g/mol. The predicted molar refractivity (Wildman–Crippen MR) is 51.2 cm³/mol. The SMILES string of the molecule is O=C(O)[C@@H]1CCN(C(=O)[C@H]2CCOC2)C1. The van der Waals surface area contributed by atoms with Crippen molar-refractivity contribution in [3.8, 4) is 0 Å². The highest BCUT2D eigenvalue weighted by Gasteiger charge is 2.35. The molecule has 2 aliphatic rings. The molecule has 0 unspecified atom stereocenters. The Balaban J connectivity index is 1.89. The topological polar surface area (TPSA) is 66.8 Å². The second-order valence-electron chi connectivity index (χ2n) is 4.17. The smallest absolute Gasteiger partial charge is 0.308 e. The van der Waals surface area contributed by atoms with Crippen LogP contribution in [0.4, 0.5) is 0 Å². The van der Waals surface area contributed by atoms with E-state index in [1.807, 2.05) is 0 Å². The van der Waals surface area contributed by atoms with Crippen LogP contribution < -0.4 is 0 Å². The van der Waals surface area contributed by atoms with E-state index < -0.39 is 5.97 Å². The van der Waals surface area contributed by atoms with Gasteiger partial charge >= 0.3 is 5.97 Å². The average Bonchev–Trinajstić information content (AvgIpc) is 2.88. The Kier molecular flexibility index (Phi) is 2.90. The second kappa shape index (κ2) is 4.18. The fraction of sp³-hybridized carbons (Fsp3) is 0.800. The molecule has 0 saturated carbocycles. The molecule has 0 radical (unpaired) electrons. The number of amides is 1. The van der Waals surface area contributed by atoms with Crippen LogP contribution in [0.1, 0.15) is 12.8 Å². The maximum absolute atomic E-state index is 11.9. The van der Waals surface area contributed by atoms with Gasteiger partial charge in [-0.2, -0.15) is 0 Å². The zero-order valence-electron chi connectivity index (χ0n) is 8.52. The Morgan fingerprint density at radius 3 is 2.60 bits per heavy atom. The molecule has 5 nitrogen and oxygen atoms in total. The number of likely N-dealkylation sites (tertiary alicyclic amines) is 1. The Labute approximate surface area is 88.0 Å². The van der Waals surface area contributed by atoms with Gasteiger partial charge in [0.25, 0.3) is 0 Å². The summed E-state index contributed by atoms with van der Waals surface area (Å²) in [7, 11) is 0. The van der Waals surface area contributed by atoms with Gasteiger partial charge in [0.15, 0.2) is 0 Å². The molecule has 1 N–H and O–H groups in total. The van der Waals surface area contributed by atoms with E-state index in [1.54, 1.807) is 4.90 Å². The molecule has 84 valence electrons. The third-order valence-corrected chi connectivity index (χ3v) is 3.13. The first-order valence-electron chi connectivity index (χ1n) is 5.28. The number of carboxylic acids is 1. The number of carboxylic acid groups (broad SMARTS) is 1. The second-order valence-corrected chi connectivity index (χ2v) is 4.17. The van der Waals surface area contributed by atoms with Crippen molar-refractivity contribution in [2.45, 2.75) is 12.8 Å². The van der Waals surface area contributed by atoms with Crippen molar-refractivity contribution in [1.82, 2.24) is 4.90 Å².